The number of hydrogen-bond acceptors (Lipinski definition) is 4. The summed E-state index contributed by atoms with van der Waals surface area (Å²) in [5, 5.41) is 0. The molecule has 0 aliphatic rings. The van der Waals surface area contributed by atoms with Crippen molar-refractivity contribution < 1.29 is 18.5 Å². The van der Waals surface area contributed by atoms with E-state index < -0.39 is 10.8 Å². The molecule has 6 heteroatoms. The van der Waals surface area contributed by atoms with Gasteiger partial charge in [-0.15, -0.1) is 0 Å². The van der Waals surface area contributed by atoms with E-state index in [9.17, 15) is 9.00 Å². The standard InChI is InChI=1S/C19H23NO4S/c1-15(21)20(11-12-25(22)17-7-5-4-6-8-17)14-16-9-10-18(23-2)19(13-16)24-3/h4-10,13H,11-12,14H2,1-3H3. The lowest BCUT2D eigenvalue weighted by Gasteiger charge is -2.21. The van der Waals surface area contributed by atoms with Crippen LogP contribution in [0.3, 0.4) is 0 Å². The maximum Gasteiger partial charge on any atom is 0.219 e. The summed E-state index contributed by atoms with van der Waals surface area (Å²) in [7, 11) is 2.03. The first-order valence-corrected chi connectivity index (χ1v) is 9.27. The summed E-state index contributed by atoms with van der Waals surface area (Å²) in [6.07, 6.45) is 0. The summed E-state index contributed by atoms with van der Waals surface area (Å²) in [4.78, 5) is 14.4. The molecule has 1 unspecified atom stereocenters. The SMILES string of the molecule is COc1ccc(CN(CCS(=O)c2ccccc2)C(C)=O)cc1OC. The van der Waals surface area contributed by atoms with Crippen molar-refractivity contribution in [2.75, 3.05) is 26.5 Å². The van der Waals surface area contributed by atoms with Crippen LogP contribution in [0.4, 0.5) is 0 Å². The van der Waals surface area contributed by atoms with Gasteiger partial charge in [0, 0.05) is 30.7 Å². The van der Waals surface area contributed by atoms with E-state index in [2.05, 4.69) is 0 Å². The molecular formula is C19H23NO4S. The number of nitrogens with zero attached hydrogens (tertiary/aromatic N) is 1. The molecule has 2 aromatic carbocycles. The van der Waals surface area contributed by atoms with Crippen molar-refractivity contribution in [1.29, 1.82) is 0 Å². The first kappa shape index (κ1) is 19.0. The average Bonchev–Trinajstić information content (AvgIpc) is 2.65. The van der Waals surface area contributed by atoms with Gasteiger partial charge in [0.25, 0.3) is 0 Å². The number of ether oxygens (including phenoxy) is 2. The van der Waals surface area contributed by atoms with Crippen LogP contribution in [0.5, 0.6) is 11.5 Å². The smallest absolute Gasteiger partial charge is 0.219 e. The quantitative estimate of drug-likeness (QED) is 0.725. The van der Waals surface area contributed by atoms with Crippen LogP contribution in [-0.2, 0) is 22.1 Å². The van der Waals surface area contributed by atoms with Gasteiger partial charge in [0.15, 0.2) is 11.5 Å². The molecule has 0 fully saturated rings. The van der Waals surface area contributed by atoms with E-state index in [1.54, 1.807) is 19.1 Å². The zero-order chi connectivity index (χ0) is 18.2. The summed E-state index contributed by atoms with van der Waals surface area (Å²) >= 11 is 0. The van der Waals surface area contributed by atoms with Crippen LogP contribution >= 0.6 is 0 Å². The summed E-state index contributed by atoms with van der Waals surface area (Å²) in [6, 6.07) is 14.8. The first-order chi connectivity index (χ1) is 12.0. The molecule has 0 bridgehead atoms. The van der Waals surface area contributed by atoms with Gasteiger partial charge in [0.1, 0.15) is 0 Å². The van der Waals surface area contributed by atoms with Crippen LogP contribution in [0.1, 0.15) is 12.5 Å². The van der Waals surface area contributed by atoms with Gasteiger partial charge in [-0.1, -0.05) is 24.3 Å². The van der Waals surface area contributed by atoms with Crippen LogP contribution in [0.15, 0.2) is 53.4 Å². The van der Waals surface area contributed by atoms with E-state index in [1.807, 2.05) is 48.5 Å². The fourth-order valence-corrected chi connectivity index (χ4v) is 3.51. The Kier molecular flexibility index (Phi) is 7.01. The van der Waals surface area contributed by atoms with E-state index >= 15 is 0 Å². The highest BCUT2D eigenvalue weighted by Gasteiger charge is 2.14. The van der Waals surface area contributed by atoms with Gasteiger partial charge in [-0.3, -0.25) is 9.00 Å². The number of carbonyl (C=O) groups excluding carboxylic acids is 1. The topological polar surface area (TPSA) is 55.8 Å². The predicted molar refractivity (Wildman–Crippen MR) is 98.4 cm³/mol. The molecule has 5 nitrogen and oxygen atoms in total. The molecule has 1 amide bonds. The van der Waals surface area contributed by atoms with E-state index in [1.165, 1.54) is 6.92 Å². The molecule has 25 heavy (non-hydrogen) atoms. The summed E-state index contributed by atoms with van der Waals surface area (Å²) in [6.45, 7) is 2.37. The van der Waals surface area contributed by atoms with Gasteiger partial charge < -0.3 is 14.4 Å². The molecule has 2 rings (SSSR count). The Morgan fingerprint density at radius 1 is 1.04 bits per heavy atom. The van der Waals surface area contributed by atoms with E-state index in [4.69, 9.17) is 9.47 Å². The second-order valence-corrected chi connectivity index (χ2v) is 7.06. The van der Waals surface area contributed by atoms with Crippen molar-refractivity contribution >= 4 is 16.7 Å². The molecule has 0 heterocycles. The second-order valence-electron chi connectivity index (χ2n) is 5.49. The van der Waals surface area contributed by atoms with Crippen LogP contribution < -0.4 is 9.47 Å². The van der Waals surface area contributed by atoms with E-state index in [-0.39, 0.29) is 5.91 Å². The molecule has 0 saturated carbocycles. The number of benzene rings is 2. The zero-order valence-electron chi connectivity index (χ0n) is 14.7. The van der Waals surface area contributed by atoms with Crippen LogP contribution in [0.2, 0.25) is 0 Å². The van der Waals surface area contributed by atoms with E-state index in [0.29, 0.717) is 30.3 Å². The van der Waals surface area contributed by atoms with Crippen molar-refractivity contribution in [1.82, 2.24) is 4.90 Å². The number of amides is 1. The molecule has 0 N–H and O–H groups in total. The molecule has 0 saturated heterocycles. The van der Waals surface area contributed by atoms with Crippen molar-refractivity contribution in [3.63, 3.8) is 0 Å². The minimum atomic E-state index is -1.13. The molecule has 1 atom stereocenters. The molecule has 2 aromatic rings. The highest BCUT2D eigenvalue weighted by atomic mass is 32.2. The number of methoxy groups -OCH3 is 2. The zero-order valence-corrected chi connectivity index (χ0v) is 15.5. The predicted octanol–water partition coefficient (Wildman–Crippen LogP) is 2.86. The third kappa shape index (κ3) is 5.32. The normalized spacial score (nSPS) is 11.6. The number of carbonyl (C=O) groups is 1. The third-order valence-electron chi connectivity index (χ3n) is 3.82. The lowest BCUT2D eigenvalue weighted by atomic mass is 10.2. The Morgan fingerprint density at radius 3 is 2.32 bits per heavy atom. The van der Waals surface area contributed by atoms with Gasteiger partial charge in [-0.2, -0.15) is 0 Å². The molecule has 0 aliphatic carbocycles. The molecule has 0 radical (unpaired) electrons. The van der Waals surface area contributed by atoms with Crippen LogP contribution in [0.25, 0.3) is 0 Å². The van der Waals surface area contributed by atoms with Gasteiger partial charge in [0.05, 0.1) is 25.0 Å². The fraction of sp³-hybridized carbons (Fsp3) is 0.316. The lowest BCUT2D eigenvalue weighted by Crippen LogP contribution is -2.32. The van der Waals surface area contributed by atoms with Crippen LogP contribution in [0, 0.1) is 0 Å². The lowest BCUT2D eigenvalue weighted by molar-refractivity contribution is -0.129. The average molecular weight is 361 g/mol. The minimum absolute atomic E-state index is 0.0557. The minimum Gasteiger partial charge on any atom is -0.493 e. The molecule has 0 aliphatic heterocycles. The van der Waals surface area contributed by atoms with Gasteiger partial charge >= 0.3 is 0 Å². The van der Waals surface area contributed by atoms with Crippen molar-refractivity contribution in [2.45, 2.75) is 18.4 Å². The molecule has 0 spiro atoms. The van der Waals surface area contributed by atoms with Gasteiger partial charge in [0.2, 0.25) is 5.91 Å². The van der Waals surface area contributed by atoms with E-state index in [0.717, 1.165) is 10.5 Å². The van der Waals surface area contributed by atoms with Gasteiger partial charge in [-0.25, -0.2) is 0 Å². The Labute approximate surface area is 151 Å². The maximum atomic E-state index is 12.3. The van der Waals surface area contributed by atoms with Crippen LogP contribution in [-0.4, -0.2) is 41.5 Å². The van der Waals surface area contributed by atoms with Crippen molar-refractivity contribution in [3.8, 4) is 11.5 Å². The maximum absolute atomic E-state index is 12.3. The summed E-state index contributed by atoms with van der Waals surface area (Å²) in [5.41, 5.74) is 0.929. The Hall–Kier alpha value is -2.34. The number of rotatable bonds is 8. The van der Waals surface area contributed by atoms with Crippen molar-refractivity contribution in [2.24, 2.45) is 0 Å². The molecule has 134 valence electrons. The summed E-state index contributed by atoms with van der Waals surface area (Å²) < 4.78 is 22.9. The number of hydrogen-bond donors (Lipinski definition) is 0. The first-order valence-electron chi connectivity index (χ1n) is 7.95. The van der Waals surface area contributed by atoms with Gasteiger partial charge in [-0.05, 0) is 29.8 Å². The monoisotopic (exact) mass is 361 g/mol. The highest BCUT2D eigenvalue weighted by molar-refractivity contribution is 7.85. The third-order valence-corrected chi connectivity index (χ3v) is 5.17. The largest absolute Gasteiger partial charge is 0.493 e. The second kappa shape index (κ2) is 9.22. The van der Waals surface area contributed by atoms with Crippen molar-refractivity contribution in [3.05, 3.63) is 54.1 Å². The fourth-order valence-electron chi connectivity index (χ4n) is 2.43. The Balaban J connectivity index is 2.04. The highest BCUT2D eigenvalue weighted by Crippen LogP contribution is 2.28. The Morgan fingerprint density at radius 2 is 1.72 bits per heavy atom. The Bertz CT molecular complexity index is 733. The summed E-state index contributed by atoms with van der Waals surface area (Å²) in [5.74, 6) is 1.61. The molecule has 0 aromatic heterocycles. The molecular weight excluding hydrogens is 338 g/mol.